The Kier molecular flexibility index (Phi) is 3.12. The first-order chi connectivity index (χ1) is 10.1. The number of nitrogens with one attached hydrogen (secondary N) is 1. The molecule has 0 fully saturated rings. The second kappa shape index (κ2) is 5.09. The molecular formula is C15H9NO5. The smallest absolute Gasteiger partial charge is 0.410 e. The maximum absolute atomic E-state index is 11.7. The summed E-state index contributed by atoms with van der Waals surface area (Å²) < 4.78 is 9.52. The van der Waals surface area contributed by atoms with Crippen molar-refractivity contribution in [1.82, 2.24) is 0 Å². The van der Waals surface area contributed by atoms with Crippen molar-refractivity contribution in [3.05, 3.63) is 59.7 Å². The van der Waals surface area contributed by atoms with E-state index in [1.54, 1.807) is 30.3 Å². The zero-order valence-electron chi connectivity index (χ0n) is 10.7. The van der Waals surface area contributed by atoms with Gasteiger partial charge in [0, 0.05) is 5.69 Å². The van der Waals surface area contributed by atoms with Crippen LogP contribution in [-0.4, -0.2) is 18.0 Å². The van der Waals surface area contributed by atoms with Gasteiger partial charge in [-0.1, -0.05) is 18.2 Å². The molecule has 0 aromatic heterocycles. The largest absolute Gasteiger partial charge is 0.417 e. The molecule has 104 valence electrons. The average Bonchev–Trinajstić information content (AvgIpc) is 2.74. The molecule has 1 aliphatic rings. The third-order valence-electron chi connectivity index (χ3n) is 2.84. The van der Waals surface area contributed by atoms with E-state index in [-0.39, 0.29) is 11.1 Å². The molecule has 6 nitrogen and oxygen atoms in total. The van der Waals surface area contributed by atoms with E-state index in [4.69, 9.17) is 4.74 Å². The third kappa shape index (κ3) is 2.59. The summed E-state index contributed by atoms with van der Waals surface area (Å²) in [6, 6.07) is 12.8. The summed E-state index contributed by atoms with van der Waals surface area (Å²) in [4.78, 5) is 34.4. The first-order valence-corrected chi connectivity index (χ1v) is 6.08. The van der Waals surface area contributed by atoms with Crippen molar-refractivity contribution in [2.45, 2.75) is 0 Å². The van der Waals surface area contributed by atoms with Crippen LogP contribution in [0.15, 0.2) is 48.5 Å². The van der Waals surface area contributed by atoms with Gasteiger partial charge in [-0.2, -0.15) is 0 Å². The number of rotatable bonds is 2. The number of amides is 1. The van der Waals surface area contributed by atoms with E-state index in [1.165, 1.54) is 18.2 Å². The van der Waals surface area contributed by atoms with Gasteiger partial charge in [0.05, 0.1) is 11.1 Å². The minimum absolute atomic E-state index is 0.123. The normalized spacial score (nSPS) is 12.6. The Morgan fingerprint density at radius 2 is 1.67 bits per heavy atom. The molecule has 21 heavy (non-hydrogen) atoms. The number of fused-ring (bicyclic) bond motifs is 1. The third-order valence-corrected chi connectivity index (χ3v) is 2.84. The molecule has 2 aromatic carbocycles. The summed E-state index contributed by atoms with van der Waals surface area (Å²) in [5.74, 6) is -1.02. The lowest BCUT2D eigenvalue weighted by Crippen LogP contribution is -2.16. The first kappa shape index (κ1) is 12.9. The van der Waals surface area contributed by atoms with Crippen LogP contribution >= 0.6 is 0 Å². The number of anilines is 1. The van der Waals surface area contributed by atoms with Gasteiger partial charge in [-0.05, 0) is 30.3 Å². The lowest BCUT2D eigenvalue weighted by Gasteiger charge is -2.06. The van der Waals surface area contributed by atoms with Gasteiger partial charge >= 0.3 is 18.0 Å². The number of ether oxygens (including phenoxy) is 2. The Hall–Kier alpha value is -3.15. The van der Waals surface area contributed by atoms with Crippen molar-refractivity contribution in [3.63, 3.8) is 0 Å². The van der Waals surface area contributed by atoms with Gasteiger partial charge < -0.3 is 9.47 Å². The van der Waals surface area contributed by atoms with Crippen molar-refractivity contribution < 1.29 is 23.9 Å². The van der Waals surface area contributed by atoms with Gasteiger partial charge in [-0.25, -0.2) is 14.4 Å². The minimum atomic E-state index is -0.727. The summed E-state index contributed by atoms with van der Waals surface area (Å²) in [5, 5.41) is 2.48. The second-order valence-corrected chi connectivity index (χ2v) is 4.26. The van der Waals surface area contributed by atoms with Crippen LogP contribution in [0.3, 0.4) is 0 Å². The molecule has 1 N–H and O–H groups in total. The summed E-state index contributed by atoms with van der Waals surface area (Å²) in [5.41, 5.74) is 0.640. The number of hydrogen-bond acceptors (Lipinski definition) is 5. The number of para-hydroxylation sites is 1. The molecule has 2 aromatic rings. The van der Waals surface area contributed by atoms with Crippen LogP contribution in [0, 0.1) is 0 Å². The van der Waals surface area contributed by atoms with Gasteiger partial charge in [0.1, 0.15) is 5.75 Å². The summed E-state index contributed by atoms with van der Waals surface area (Å²) in [6.45, 7) is 0. The van der Waals surface area contributed by atoms with Crippen molar-refractivity contribution in [3.8, 4) is 5.75 Å². The highest BCUT2D eigenvalue weighted by molar-refractivity contribution is 6.15. The van der Waals surface area contributed by atoms with Crippen LogP contribution in [0.2, 0.25) is 0 Å². The predicted molar refractivity (Wildman–Crippen MR) is 72.3 cm³/mol. The molecule has 1 aliphatic heterocycles. The Morgan fingerprint density at radius 1 is 0.952 bits per heavy atom. The number of hydrogen-bond donors (Lipinski definition) is 1. The Morgan fingerprint density at radius 3 is 2.43 bits per heavy atom. The van der Waals surface area contributed by atoms with Crippen LogP contribution in [0.1, 0.15) is 20.7 Å². The average molecular weight is 283 g/mol. The fourth-order valence-electron chi connectivity index (χ4n) is 1.90. The van der Waals surface area contributed by atoms with Crippen molar-refractivity contribution in [1.29, 1.82) is 0 Å². The maximum atomic E-state index is 11.7. The molecule has 0 radical (unpaired) electrons. The number of carbonyl (C=O) groups is 3. The van der Waals surface area contributed by atoms with E-state index in [2.05, 4.69) is 10.1 Å². The molecular weight excluding hydrogens is 274 g/mol. The van der Waals surface area contributed by atoms with Crippen LogP contribution in [0.4, 0.5) is 10.5 Å². The van der Waals surface area contributed by atoms with E-state index < -0.39 is 18.0 Å². The van der Waals surface area contributed by atoms with E-state index in [0.29, 0.717) is 11.4 Å². The van der Waals surface area contributed by atoms with E-state index in [1.807, 2.05) is 0 Å². The van der Waals surface area contributed by atoms with Gasteiger partial charge in [0.15, 0.2) is 0 Å². The first-order valence-electron chi connectivity index (χ1n) is 6.08. The molecule has 0 bridgehead atoms. The van der Waals surface area contributed by atoms with Crippen molar-refractivity contribution >= 4 is 23.7 Å². The molecule has 0 aliphatic carbocycles. The van der Waals surface area contributed by atoms with Crippen molar-refractivity contribution in [2.24, 2.45) is 0 Å². The highest BCUT2D eigenvalue weighted by Gasteiger charge is 2.29. The fourth-order valence-corrected chi connectivity index (χ4v) is 1.90. The molecule has 0 unspecified atom stereocenters. The van der Waals surface area contributed by atoms with E-state index in [0.717, 1.165) is 0 Å². The Bertz CT molecular complexity index is 739. The summed E-state index contributed by atoms with van der Waals surface area (Å²) >= 11 is 0. The standard InChI is InChI=1S/C15H9NO5/c17-13-11-7-6-9(8-12(11)14(18)21-13)16-15(19)20-10-4-2-1-3-5-10/h1-8H,(H,16,19). The number of benzene rings is 2. The van der Waals surface area contributed by atoms with E-state index in [9.17, 15) is 14.4 Å². The predicted octanol–water partition coefficient (Wildman–Crippen LogP) is 2.61. The summed E-state index contributed by atoms with van der Waals surface area (Å²) in [6.07, 6.45) is -0.696. The molecule has 0 saturated carbocycles. The van der Waals surface area contributed by atoms with Crippen LogP contribution in [0.5, 0.6) is 5.75 Å². The van der Waals surface area contributed by atoms with Crippen LogP contribution in [0.25, 0.3) is 0 Å². The molecule has 1 amide bonds. The molecule has 6 heteroatoms. The molecule has 1 heterocycles. The van der Waals surface area contributed by atoms with Crippen molar-refractivity contribution in [2.75, 3.05) is 5.32 Å². The number of esters is 2. The fraction of sp³-hybridized carbons (Fsp3) is 0. The topological polar surface area (TPSA) is 81.7 Å². The Labute approximate surface area is 119 Å². The molecule has 3 rings (SSSR count). The van der Waals surface area contributed by atoms with Gasteiger partial charge in [-0.3, -0.25) is 5.32 Å². The molecule has 0 atom stereocenters. The maximum Gasteiger partial charge on any atom is 0.417 e. The van der Waals surface area contributed by atoms with Crippen LogP contribution in [-0.2, 0) is 4.74 Å². The zero-order valence-corrected chi connectivity index (χ0v) is 10.7. The number of cyclic esters (lactones) is 2. The van der Waals surface area contributed by atoms with Gasteiger partial charge in [0.2, 0.25) is 0 Å². The van der Waals surface area contributed by atoms with Gasteiger partial charge in [-0.15, -0.1) is 0 Å². The van der Waals surface area contributed by atoms with E-state index >= 15 is 0 Å². The quantitative estimate of drug-likeness (QED) is 0.676. The lowest BCUT2D eigenvalue weighted by atomic mass is 10.1. The lowest BCUT2D eigenvalue weighted by molar-refractivity contribution is 0.0443. The molecule has 0 saturated heterocycles. The second-order valence-electron chi connectivity index (χ2n) is 4.26. The monoisotopic (exact) mass is 283 g/mol. The minimum Gasteiger partial charge on any atom is -0.410 e. The molecule has 0 spiro atoms. The number of carbonyl (C=O) groups excluding carboxylic acids is 3. The Balaban J connectivity index is 1.74. The zero-order chi connectivity index (χ0) is 14.8. The highest BCUT2D eigenvalue weighted by Crippen LogP contribution is 2.23. The van der Waals surface area contributed by atoms with Crippen LogP contribution < -0.4 is 10.1 Å². The highest BCUT2D eigenvalue weighted by atomic mass is 16.6. The SMILES string of the molecule is O=C(Nc1ccc2c(c1)C(=O)OC2=O)Oc1ccccc1. The van der Waals surface area contributed by atoms with Gasteiger partial charge in [0.25, 0.3) is 0 Å². The summed E-state index contributed by atoms with van der Waals surface area (Å²) in [7, 11) is 0.